The van der Waals surface area contributed by atoms with Crippen molar-refractivity contribution in [3.8, 4) is 0 Å². The Morgan fingerprint density at radius 1 is 1.28 bits per heavy atom. The maximum atomic E-state index is 3.37. The molecule has 0 radical (unpaired) electrons. The van der Waals surface area contributed by atoms with Gasteiger partial charge in [0.15, 0.2) is 0 Å². The topological polar surface area (TPSA) is 15.3 Å². The van der Waals surface area contributed by atoms with E-state index in [1.807, 2.05) is 0 Å². The summed E-state index contributed by atoms with van der Waals surface area (Å²) in [5.41, 5.74) is 4.43. The lowest BCUT2D eigenvalue weighted by Crippen LogP contribution is -2.40. The third-order valence-electron chi connectivity index (χ3n) is 4.31. The summed E-state index contributed by atoms with van der Waals surface area (Å²) in [6.07, 6.45) is 2.66. The fourth-order valence-electron chi connectivity index (χ4n) is 3.49. The van der Waals surface area contributed by atoms with E-state index in [0.29, 0.717) is 6.04 Å². The quantitative estimate of drug-likeness (QED) is 0.882. The molecular formula is C16H26N2. The third-order valence-corrected chi connectivity index (χ3v) is 4.31. The second-order valence-electron chi connectivity index (χ2n) is 5.69. The highest BCUT2D eigenvalue weighted by Crippen LogP contribution is 2.37. The lowest BCUT2D eigenvalue weighted by molar-refractivity contribution is 0.120. The SMILES string of the molecule is CNCC1CCCN(C)C1c1c(C)cccc1C. The first-order valence-corrected chi connectivity index (χ1v) is 7.06. The van der Waals surface area contributed by atoms with E-state index in [-0.39, 0.29) is 0 Å². The molecule has 1 heterocycles. The van der Waals surface area contributed by atoms with Crippen molar-refractivity contribution in [3.05, 3.63) is 34.9 Å². The molecule has 2 nitrogen and oxygen atoms in total. The van der Waals surface area contributed by atoms with Crippen LogP contribution in [0.25, 0.3) is 0 Å². The zero-order chi connectivity index (χ0) is 13.1. The molecule has 18 heavy (non-hydrogen) atoms. The molecular weight excluding hydrogens is 220 g/mol. The summed E-state index contributed by atoms with van der Waals surface area (Å²) >= 11 is 0. The van der Waals surface area contributed by atoms with E-state index < -0.39 is 0 Å². The first kappa shape index (κ1) is 13.6. The number of hydrogen-bond donors (Lipinski definition) is 1. The van der Waals surface area contributed by atoms with Crippen molar-refractivity contribution in [2.75, 3.05) is 27.2 Å². The van der Waals surface area contributed by atoms with Crippen LogP contribution in [-0.2, 0) is 0 Å². The third kappa shape index (κ3) is 2.60. The molecule has 0 spiro atoms. The molecule has 0 saturated carbocycles. The Labute approximate surface area is 111 Å². The van der Waals surface area contributed by atoms with Crippen molar-refractivity contribution < 1.29 is 0 Å². The Hall–Kier alpha value is -0.860. The number of nitrogens with one attached hydrogen (secondary N) is 1. The van der Waals surface area contributed by atoms with Gasteiger partial charge in [0.05, 0.1) is 0 Å². The van der Waals surface area contributed by atoms with Crippen LogP contribution in [0.4, 0.5) is 0 Å². The van der Waals surface area contributed by atoms with E-state index in [2.05, 4.69) is 56.4 Å². The molecule has 1 N–H and O–H groups in total. The fourth-order valence-corrected chi connectivity index (χ4v) is 3.49. The minimum Gasteiger partial charge on any atom is -0.319 e. The van der Waals surface area contributed by atoms with Crippen LogP contribution in [0.15, 0.2) is 18.2 Å². The van der Waals surface area contributed by atoms with Crippen LogP contribution in [-0.4, -0.2) is 32.1 Å². The Morgan fingerprint density at radius 3 is 2.56 bits per heavy atom. The highest BCUT2D eigenvalue weighted by atomic mass is 15.1. The van der Waals surface area contributed by atoms with E-state index in [1.54, 1.807) is 5.56 Å². The maximum Gasteiger partial charge on any atom is 0.0390 e. The molecule has 2 atom stereocenters. The summed E-state index contributed by atoms with van der Waals surface area (Å²) in [5.74, 6) is 0.730. The second kappa shape index (κ2) is 5.85. The predicted octanol–water partition coefficient (Wildman–Crippen LogP) is 2.91. The molecule has 0 amide bonds. The molecule has 1 aliphatic heterocycles. The van der Waals surface area contributed by atoms with Crippen LogP contribution < -0.4 is 5.32 Å². The van der Waals surface area contributed by atoms with Crippen LogP contribution in [0.2, 0.25) is 0 Å². The van der Waals surface area contributed by atoms with Crippen LogP contribution in [0, 0.1) is 19.8 Å². The number of aryl methyl sites for hydroxylation is 2. The van der Waals surface area contributed by atoms with E-state index in [4.69, 9.17) is 0 Å². The molecule has 1 aromatic carbocycles. The van der Waals surface area contributed by atoms with E-state index >= 15 is 0 Å². The average Bonchev–Trinajstić information content (AvgIpc) is 2.32. The minimum absolute atomic E-state index is 0.576. The van der Waals surface area contributed by atoms with Gasteiger partial charge in [-0.15, -0.1) is 0 Å². The molecule has 0 aliphatic carbocycles. The van der Waals surface area contributed by atoms with Crippen LogP contribution in [0.5, 0.6) is 0 Å². The van der Waals surface area contributed by atoms with Gasteiger partial charge in [0.1, 0.15) is 0 Å². The standard InChI is InChI=1S/C16H26N2/c1-12-7-5-8-13(2)15(12)16-14(11-17-3)9-6-10-18(16)4/h5,7-8,14,16-17H,6,9-11H2,1-4H3. The van der Waals surface area contributed by atoms with Crippen LogP contribution >= 0.6 is 0 Å². The molecule has 2 rings (SSSR count). The van der Waals surface area contributed by atoms with E-state index in [1.165, 1.54) is 30.5 Å². The van der Waals surface area contributed by atoms with Gasteiger partial charge in [-0.2, -0.15) is 0 Å². The summed E-state index contributed by atoms with van der Waals surface area (Å²) in [6.45, 7) is 6.84. The summed E-state index contributed by atoms with van der Waals surface area (Å²) in [6, 6.07) is 7.25. The zero-order valence-electron chi connectivity index (χ0n) is 12.2. The predicted molar refractivity (Wildman–Crippen MR) is 77.9 cm³/mol. The highest BCUT2D eigenvalue weighted by molar-refractivity contribution is 5.37. The number of nitrogens with zero attached hydrogens (tertiary/aromatic N) is 1. The highest BCUT2D eigenvalue weighted by Gasteiger charge is 2.31. The zero-order valence-corrected chi connectivity index (χ0v) is 12.2. The Bertz CT molecular complexity index is 378. The van der Waals surface area contributed by atoms with Crippen molar-refractivity contribution in [2.45, 2.75) is 32.7 Å². The second-order valence-corrected chi connectivity index (χ2v) is 5.69. The van der Waals surface area contributed by atoms with Gasteiger partial charge in [-0.1, -0.05) is 18.2 Å². The molecule has 100 valence electrons. The largest absolute Gasteiger partial charge is 0.319 e. The van der Waals surface area contributed by atoms with Gasteiger partial charge in [0, 0.05) is 6.04 Å². The number of likely N-dealkylation sites (tertiary alicyclic amines) is 1. The fraction of sp³-hybridized carbons (Fsp3) is 0.625. The smallest absolute Gasteiger partial charge is 0.0390 e. The molecule has 1 aliphatic rings. The first-order valence-electron chi connectivity index (χ1n) is 7.06. The molecule has 1 saturated heterocycles. The van der Waals surface area contributed by atoms with E-state index in [9.17, 15) is 0 Å². The van der Waals surface area contributed by atoms with Gasteiger partial charge in [-0.05, 0) is 76.5 Å². The van der Waals surface area contributed by atoms with Crippen LogP contribution in [0.3, 0.4) is 0 Å². The van der Waals surface area contributed by atoms with Crippen molar-refractivity contribution >= 4 is 0 Å². The van der Waals surface area contributed by atoms with Gasteiger partial charge in [0.2, 0.25) is 0 Å². The van der Waals surface area contributed by atoms with Gasteiger partial charge in [0.25, 0.3) is 0 Å². The monoisotopic (exact) mass is 246 g/mol. The van der Waals surface area contributed by atoms with Gasteiger partial charge >= 0.3 is 0 Å². The van der Waals surface area contributed by atoms with Crippen molar-refractivity contribution in [3.63, 3.8) is 0 Å². The molecule has 2 heteroatoms. The summed E-state index contributed by atoms with van der Waals surface area (Å²) in [4.78, 5) is 2.54. The molecule has 1 fully saturated rings. The average molecular weight is 246 g/mol. The molecule has 2 unspecified atom stereocenters. The number of benzene rings is 1. The van der Waals surface area contributed by atoms with Crippen molar-refractivity contribution in [1.82, 2.24) is 10.2 Å². The van der Waals surface area contributed by atoms with Crippen LogP contribution in [0.1, 0.15) is 35.6 Å². The molecule has 0 aromatic heterocycles. The normalized spacial score (nSPS) is 25.3. The van der Waals surface area contributed by atoms with Gasteiger partial charge in [-0.25, -0.2) is 0 Å². The number of piperidine rings is 1. The lowest BCUT2D eigenvalue weighted by atomic mass is 9.81. The van der Waals surface area contributed by atoms with Gasteiger partial charge < -0.3 is 5.32 Å². The Morgan fingerprint density at radius 2 is 1.94 bits per heavy atom. The first-order chi connectivity index (χ1) is 8.65. The Kier molecular flexibility index (Phi) is 4.41. The van der Waals surface area contributed by atoms with Gasteiger partial charge in [-0.3, -0.25) is 4.90 Å². The number of rotatable bonds is 3. The lowest BCUT2D eigenvalue weighted by Gasteiger charge is -2.41. The summed E-state index contributed by atoms with van der Waals surface area (Å²) in [5, 5.41) is 3.37. The summed E-state index contributed by atoms with van der Waals surface area (Å²) < 4.78 is 0. The molecule has 1 aromatic rings. The summed E-state index contributed by atoms with van der Waals surface area (Å²) in [7, 11) is 4.34. The maximum absolute atomic E-state index is 3.37. The number of hydrogen-bond acceptors (Lipinski definition) is 2. The Balaban J connectivity index is 2.37. The van der Waals surface area contributed by atoms with Crippen molar-refractivity contribution in [1.29, 1.82) is 0 Å². The van der Waals surface area contributed by atoms with Crippen molar-refractivity contribution in [2.24, 2.45) is 5.92 Å². The van der Waals surface area contributed by atoms with E-state index in [0.717, 1.165) is 12.5 Å². The molecule has 0 bridgehead atoms. The minimum atomic E-state index is 0.576.